The maximum atomic E-state index is 12.5. The van der Waals surface area contributed by atoms with Gasteiger partial charge in [-0.25, -0.2) is 4.57 Å². The van der Waals surface area contributed by atoms with Gasteiger partial charge in [0, 0.05) is 12.8 Å². The first-order valence-electron chi connectivity index (χ1n) is 17.4. The largest absolute Gasteiger partial charge is 0.480 e. The molecule has 0 aliphatic heterocycles. The standard InChI is InChI=1S/C34H62NO10P/c1-3-5-7-9-11-13-15-17-19-21-23-25-32(36)42-27-30(28-43-46(40,41)44-29-31(35)34(38)39)45-33(37)26-24-22-20-18-16-14-12-10-8-6-4-2/h9-12,30-31H,3-8,13-29,35H2,1-2H3,(H,38,39)(H,40,41). The molecule has 268 valence electrons. The van der Waals surface area contributed by atoms with E-state index < -0.39 is 51.1 Å². The van der Waals surface area contributed by atoms with E-state index in [-0.39, 0.29) is 19.4 Å². The molecule has 0 fully saturated rings. The maximum Gasteiger partial charge on any atom is 0.472 e. The Morgan fingerprint density at radius 2 is 1.09 bits per heavy atom. The second-order valence-corrected chi connectivity index (χ2v) is 13.1. The Morgan fingerprint density at radius 1 is 0.652 bits per heavy atom. The quantitative estimate of drug-likeness (QED) is 0.0273. The summed E-state index contributed by atoms with van der Waals surface area (Å²) in [5, 5.41) is 8.83. The molecule has 0 aromatic carbocycles. The number of carboxylic acid groups (broad SMARTS) is 1. The van der Waals surface area contributed by atoms with E-state index >= 15 is 0 Å². The van der Waals surface area contributed by atoms with E-state index in [0.29, 0.717) is 12.8 Å². The molecule has 4 N–H and O–H groups in total. The predicted molar refractivity (Wildman–Crippen MR) is 180 cm³/mol. The van der Waals surface area contributed by atoms with Crippen LogP contribution in [0.3, 0.4) is 0 Å². The molecule has 3 atom stereocenters. The predicted octanol–water partition coefficient (Wildman–Crippen LogP) is 7.94. The highest BCUT2D eigenvalue weighted by atomic mass is 31.2. The Bertz CT molecular complexity index is 895. The highest BCUT2D eigenvalue weighted by Gasteiger charge is 2.28. The summed E-state index contributed by atoms with van der Waals surface area (Å²) >= 11 is 0. The number of phosphoric acid groups is 1. The molecule has 0 spiro atoms. The molecule has 0 aliphatic carbocycles. The molecule has 0 aromatic rings. The summed E-state index contributed by atoms with van der Waals surface area (Å²) in [5.41, 5.74) is 5.30. The van der Waals surface area contributed by atoms with E-state index in [1.807, 2.05) is 0 Å². The molecule has 0 aliphatic rings. The van der Waals surface area contributed by atoms with Gasteiger partial charge in [-0.1, -0.05) is 102 Å². The Kier molecular flexibility index (Phi) is 29.0. The summed E-state index contributed by atoms with van der Waals surface area (Å²) in [4.78, 5) is 45.5. The third kappa shape index (κ3) is 29.4. The van der Waals surface area contributed by atoms with Crippen molar-refractivity contribution >= 4 is 25.7 Å². The van der Waals surface area contributed by atoms with Crippen molar-refractivity contribution in [2.75, 3.05) is 19.8 Å². The van der Waals surface area contributed by atoms with Crippen molar-refractivity contribution in [2.24, 2.45) is 5.73 Å². The van der Waals surface area contributed by atoms with E-state index in [2.05, 4.69) is 42.7 Å². The van der Waals surface area contributed by atoms with Crippen LogP contribution in [0.5, 0.6) is 0 Å². The number of hydrogen-bond donors (Lipinski definition) is 3. The lowest BCUT2D eigenvalue weighted by Crippen LogP contribution is -2.34. The van der Waals surface area contributed by atoms with Gasteiger partial charge in [0.1, 0.15) is 12.6 Å². The van der Waals surface area contributed by atoms with Crippen molar-refractivity contribution in [3.63, 3.8) is 0 Å². The molecule has 0 saturated carbocycles. The highest BCUT2D eigenvalue weighted by Crippen LogP contribution is 2.43. The lowest BCUT2D eigenvalue weighted by molar-refractivity contribution is -0.161. The minimum Gasteiger partial charge on any atom is -0.480 e. The van der Waals surface area contributed by atoms with Gasteiger partial charge < -0.3 is 25.2 Å². The summed E-state index contributed by atoms with van der Waals surface area (Å²) < 4.78 is 32.4. The number of allylic oxidation sites excluding steroid dienone is 4. The average molecular weight is 676 g/mol. The summed E-state index contributed by atoms with van der Waals surface area (Å²) in [6.45, 7) is 2.66. The number of carbonyl (C=O) groups excluding carboxylic acids is 2. The third-order valence-electron chi connectivity index (χ3n) is 7.17. The Hall–Kier alpha value is -2.04. The molecule has 0 radical (unpaired) electrons. The van der Waals surface area contributed by atoms with Gasteiger partial charge in [0.25, 0.3) is 0 Å². The molecule has 12 heteroatoms. The summed E-state index contributed by atoms with van der Waals surface area (Å²) in [6.07, 6.45) is 26.9. The molecule has 0 amide bonds. The van der Waals surface area contributed by atoms with Gasteiger partial charge in [0.05, 0.1) is 13.2 Å². The van der Waals surface area contributed by atoms with Crippen molar-refractivity contribution in [1.29, 1.82) is 0 Å². The van der Waals surface area contributed by atoms with Gasteiger partial charge in [-0.2, -0.15) is 0 Å². The van der Waals surface area contributed by atoms with Gasteiger partial charge >= 0.3 is 25.7 Å². The van der Waals surface area contributed by atoms with E-state index in [4.69, 9.17) is 24.8 Å². The Morgan fingerprint density at radius 3 is 1.59 bits per heavy atom. The zero-order valence-electron chi connectivity index (χ0n) is 28.4. The Labute approximate surface area is 277 Å². The first-order chi connectivity index (χ1) is 22.1. The van der Waals surface area contributed by atoms with E-state index in [1.54, 1.807) is 0 Å². The van der Waals surface area contributed by atoms with Crippen LogP contribution in [-0.4, -0.2) is 59.9 Å². The number of phosphoric ester groups is 1. The van der Waals surface area contributed by atoms with Gasteiger partial charge in [-0.15, -0.1) is 0 Å². The van der Waals surface area contributed by atoms with Crippen molar-refractivity contribution in [2.45, 2.75) is 154 Å². The first-order valence-corrected chi connectivity index (χ1v) is 18.9. The van der Waals surface area contributed by atoms with Crippen LogP contribution in [0, 0.1) is 0 Å². The number of carbonyl (C=O) groups is 3. The SMILES string of the molecule is CCCCC=CCCCCCCCC(=O)OCC(COP(=O)(O)OCC(N)C(=O)O)OC(=O)CCCCCCCC=CCCCC. The van der Waals surface area contributed by atoms with Crippen molar-refractivity contribution in [3.05, 3.63) is 24.3 Å². The van der Waals surface area contributed by atoms with Crippen LogP contribution < -0.4 is 5.73 Å². The zero-order chi connectivity index (χ0) is 34.3. The monoisotopic (exact) mass is 675 g/mol. The first kappa shape index (κ1) is 44.0. The van der Waals surface area contributed by atoms with Crippen molar-refractivity contribution < 1.29 is 47.5 Å². The molecule has 0 heterocycles. The van der Waals surface area contributed by atoms with Crippen LogP contribution in [0.25, 0.3) is 0 Å². The van der Waals surface area contributed by atoms with Crippen molar-refractivity contribution in [1.82, 2.24) is 0 Å². The number of esters is 2. The number of hydrogen-bond acceptors (Lipinski definition) is 9. The van der Waals surface area contributed by atoms with E-state index in [1.165, 1.54) is 25.7 Å². The molecular formula is C34H62NO10P. The molecule has 3 unspecified atom stereocenters. The minimum absolute atomic E-state index is 0.149. The molecule has 0 bridgehead atoms. The summed E-state index contributed by atoms with van der Waals surface area (Å²) in [5.74, 6) is -2.41. The van der Waals surface area contributed by atoms with Crippen LogP contribution in [0.2, 0.25) is 0 Å². The second kappa shape index (κ2) is 30.3. The maximum absolute atomic E-state index is 12.5. The summed E-state index contributed by atoms with van der Waals surface area (Å²) in [7, 11) is -4.70. The number of rotatable bonds is 32. The number of unbranched alkanes of at least 4 members (excludes halogenated alkanes) is 14. The number of nitrogens with two attached hydrogens (primary N) is 1. The number of aliphatic carboxylic acids is 1. The van der Waals surface area contributed by atoms with E-state index in [0.717, 1.165) is 77.0 Å². The van der Waals surface area contributed by atoms with Gasteiger partial charge in [0.15, 0.2) is 6.10 Å². The fraction of sp³-hybridized carbons (Fsp3) is 0.794. The molecule has 46 heavy (non-hydrogen) atoms. The van der Waals surface area contributed by atoms with Gasteiger partial charge in [-0.05, 0) is 51.4 Å². The molecular weight excluding hydrogens is 613 g/mol. The normalized spacial score (nSPS) is 14.3. The van der Waals surface area contributed by atoms with Crippen LogP contribution in [0.15, 0.2) is 24.3 Å². The van der Waals surface area contributed by atoms with Gasteiger partial charge in [-0.3, -0.25) is 23.4 Å². The molecule has 0 aromatic heterocycles. The number of ether oxygens (including phenoxy) is 2. The highest BCUT2D eigenvalue weighted by molar-refractivity contribution is 7.47. The lowest BCUT2D eigenvalue weighted by Gasteiger charge is -2.20. The Balaban J connectivity index is 4.53. The molecule has 0 rings (SSSR count). The fourth-order valence-corrected chi connectivity index (χ4v) is 5.10. The van der Waals surface area contributed by atoms with Crippen LogP contribution in [-0.2, 0) is 37.5 Å². The van der Waals surface area contributed by atoms with Crippen molar-refractivity contribution in [3.8, 4) is 0 Å². The van der Waals surface area contributed by atoms with Crippen LogP contribution in [0.4, 0.5) is 0 Å². The smallest absolute Gasteiger partial charge is 0.472 e. The van der Waals surface area contributed by atoms with Crippen LogP contribution in [0.1, 0.15) is 142 Å². The average Bonchev–Trinajstić information content (AvgIpc) is 3.02. The lowest BCUT2D eigenvalue weighted by atomic mass is 10.1. The third-order valence-corrected chi connectivity index (χ3v) is 8.12. The fourth-order valence-electron chi connectivity index (χ4n) is 4.32. The minimum atomic E-state index is -4.70. The molecule has 11 nitrogen and oxygen atoms in total. The topological polar surface area (TPSA) is 172 Å². The van der Waals surface area contributed by atoms with E-state index in [9.17, 15) is 23.8 Å². The number of carboxylic acids is 1. The zero-order valence-corrected chi connectivity index (χ0v) is 29.3. The van der Waals surface area contributed by atoms with Crippen LogP contribution >= 0.6 is 7.82 Å². The second-order valence-electron chi connectivity index (χ2n) is 11.6. The van der Waals surface area contributed by atoms with Gasteiger partial charge in [0.2, 0.25) is 0 Å². The summed E-state index contributed by atoms with van der Waals surface area (Å²) in [6, 6.07) is -1.52. The molecule has 0 saturated heterocycles.